The molecule has 1 aromatic carbocycles. The second-order valence-electron chi connectivity index (χ2n) is 5.08. The number of nitrogens with two attached hydrogens (primary N) is 1. The van der Waals surface area contributed by atoms with Gasteiger partial charge < -0.3 is 10.2 Å². The van der Waals surface area contributed by atoms with Gasteiger partial charge in [0.05, 0.1) is 0 Å². The Morgan fingerprint density at radius 1 is 1.44 bits per heavy atom. The quantitative estimate of drug-likeness (QED) is 0.848. The van der Waals surface area contributed by atoms with Gasteiger partial charge in [-0.1, -0.05) is 12.1 Å². The smallest absolute Gasteiger partial charge is 0.199 e. The molecule has 1 aliphatic carbocycles. The topological polar surface area (TPSA) is 56.2 Å². The number of benzene rings is 1. The number of ketones is 1. The summed E-state index contributed by atoms with van der Waals surface area (Å²) in [6, 6.07) is 6.22. The Labute approximate surface area is 104 Å². The van der Waals surface area contributed by atoms with E-state index in [1.807, 2.05) is 0 Å². The highest BCUT2D eigenvalue weighted by atomic mass is 19.1. The highest BCUT2D eigenvalue weighted by molar-refractivity contribution is 5.98. The highest BCUT2D eigenvalue weighted by Gasteiger charge is 2.35. The summed E-state index contributed by atoms with van der Waals surface area (Å²) in [5, 5.41) is 0.609. The number of para-hydroxylation sites is 1. The third kappa shape index (κ3) is 1.82. The molecule has 0 saturated heterocycles. The number of hydrogen-bond acceptors (Lipinski definition) is 3. The summed E-state index contributed by atoms with van der Waals surface area (Å²) in [7, 11) is 0. The van der Waals surface area contributed by atoms with E-state index >= 15 is 0 Å². The Kier molecular flexibility index (Phi) is 2.48. The molecule has 1 aromatic heterocycles. The molecule has 0 bridgehead atoms. The maximum atomic E-state index is 13.4. The van der Waals surface area contributed by atoms with Gasteiger partial charge in [0.25, 0.3) is 0 Å². The number of Topliss-reactive ketones (excluding diaryl/α,β-unsaturated/α-hetero) is 1. The SMILES string of the molecule is NC1(CC(=O)c2cc3cccc(F)c3o2)CCC1. The Morgan fingerprint density at radius 3 is 2.83 bits per heavy atom. The monoisotopic (exact) mass is 247 g/mol. The fourth-order valence-corrected chi connectivity index (χ4v) is 2.38. The summed E-state index contributed by atoms with van der Waals surface area (Å²) in [4.78, 5) is 12.0. The Bertz CT molecular complexity index is 613. The van der Waals surface area contributed by atoms with Gasteiger partial charge in [-0.3, -0.25) is 4.79 Å². The average molecular weight is 247 g/mol. The van der Waals surface area contributed by atoms with Gasteiger partial charge in [-0.25, -0.2) is 4.39 Å². The van der Waals surface area contributed by atoms with Crippen molar-refractivity contribution in [1.82, 2.24) is 0 Å². The molecule has 3 nitrogen and oxygen atoms in total. The number of carbonyl (C=O) groups excluding carboxylic acids is 1. The van der Waals surface area contributed by atoms with Crippen molar-refractivity contribution < 1.29 is 13.6 Å². The molecule has 94 valence electrons. The Hall–Kier alpha value is -1.68. The van der Waals surface area contributed by atoms with Crippen molar-refractivity contribution in [2.45, 2.75) is 31.2 Å². The van der Waals surface area contributed by atoms with Crippen LogP contribution in [-0.4, -0.2) is 11.3 Å². The molecule has 1 aliphatic rings. The maximum Gasteiger partial charge on any atom is 0.199 e. The lowest BCUT2D eigenvalue weighted by Crippen LogP contribution is -2.48. The summed E-state index contributed by atoms with van der Waals surface area (Å²) < 4.78 is 18.7. The molecule has 0 spiro atoms. The molecule has 0 aliphatic heterocycles. The lowest BCUT2D eigenvalue weighted by Gasteiger charge is -2.37. The molecule has 1 saturated carbocycles. The van der Waals surface area contributed by atoms with E-state index in [1.165, 1.54) is 6.07 Å². The van der Waals surface area contributed by atoms with Crippen LogP contribution >= 0.6 is 0 Å². The van der Waals surface area contributed by atoms with E-state index in [1.54, 1.807) is 18.2 Å². The first-order chi connectivity index (χ1) is 8.57. The van der Waals surface area contributed by atoms with Crippen LogP contribution in [0.1, 0.15) is 36.2 Å². The second-order valence-corrected chi connectivity index (χ2v) is 5.08. The van der Waals surface area contributed by atoms with E-state index in [-0.39, 0.29) is 29.1 Å². The summed E-state index contributed by atoms with van der Waals surface area (Å²) >= 11 is 0. The van der Waals surface area contributed by atoms with Crippen molar-refractivity contribution in [3.63, 3.8) is 0 Å². The van der Waals surface area contributed by atoms with E-state index < -0.39 is 5.82 Å². The average Bonchev–Trinajstić information content (AvgIpc) is 2.72. The van der Waals surface area contributed by atoms with Crippen molar-refractivity contribution in [2.75, 3.05) is 0 Å². The summed E-state index contributed by atoms with van der Waals surface area (Å²) in [5.41, 5.74) is 5.79. The summed E-state index contributed by atoms with van der Waals surface area (Å²) in [6.07, 6.45) is 3.08. The standard InChI is InChI=1S/C14H14FNO2/c15-10-4-1-3-9-7-12(18-13(9)10)11(17)8-14(16)5-2-6-14/h1,3-4,7H,2,5-6,8,16H2. The molecule has 2 aromatic rings. The van der Waals surface area contributed by atoms with Crippen LogP contribution in [0.25, 0.3) is 11.0 Å². The van der Waals surface area contributed by atoms with Crippen LogP contribution in [0.5, 0.6) is 0 Å². The van der Waals surface area contributed by atoms with E-state index in [9.17, 15) is 9.18 Å². The third-order valence-corrected chi connectivity index (χ3v) is 3.63. The fraction of sp³-hybridized carbons (Fsp3) is 0.357. The minimum absolute atomic E-state index is 0.139. The minimum Gasteiger partial charge on any atom is -0.450 e. The zero-order valence-corrected chi connectivity index (χ0v) is 9.91. The van der Waals surface area contributed by atoms with E-state index in [2.05, 4.69) is 0 Å². The Balaban J connectivity index is 1.90. The number of furan rings is 1. The second kappa shape index (κ2) is 3.92. The van der Waals surface area contributed by atoms with Crippen molar-refractivity contribution in [2.24, 2.45) is 5.73 Å². The number of carbonyl (C=O) groups is 1. The molecule has 0 atom stereocenters. The highest BCUT2D eigenvalue weighted by Crippen LogP contribution is 2.34. The van der Waals surface area contributed by atoms with Crippen LogP contribution in [0.3, 0.4) is 0 Å². The van der Waals surface area contributed by atoms with Crippen molar-refractivity contribution >= 4 is 16.8 Å². The van der Waals surface area contributed by atoms with Crippen LogP contribution in [0.2, 0.25) is 0 Å². The first-order valence-corrected chi connectivity index (χ1v) is 6.08. The summed E-state index contributed by atoms with van der Waals surface area (Å²) in [5.74, 6) is -0.391. The molecule has 1 fully saturated rings. The molecular weight excluding hydrogens is 233 g/mol. The lowest BCUT2D eigenvalue weighted by atomic mass is 9.74. The van der Waals surface area contributed by atoms with Gasteiger partial charge >= 0.3 is 0 Å². The Morgan fingerprint density at radius 2 is 2.22 bits per heavy atom. The number of rotatable bonds is 3. The van der Waals surface area contributed by atoms with Gasteiger partial charge in [-0.2, -0.15) is 0 Å². The van der Waals surface area contributed by atoms with Gasteiger partial charge in [0.1, 0.15) is 0 Å². The van der Waals surface area contributed by atoms with Crippen LogP contribution in [0.15, 0.2) is 28.7 Å². The molecule has 18 heavy (non-hydrogen) atoms. The van der Waals surface area contributed by atoms with Gasteiger partial charge in [0.2, 0.25) is 0 Å². The molecule has 4 heteroatoms. The van der Waals surface area contributed by atoms with E-state index in [0.29, 0.717) is 5.39 Å². The van der Waals surface area contributed by atoms with Crippen LogP contribution in [0.4, 0.5) is 4.39 Å². The molecule has 2 N–H and O–H groups in total. The molecule has 0 amide bonds. The molecular formula is C14H14FNO2. The number of halogens is 1. The minimum atomic E-state index is -0.447. The van der Waals surface area contributed by atoms with Crippen LogP contribution in [0, 0.1) is 5.82 Å². The van der Waals surface area contributed by atoms with Crippen LogP contribution in [-0.2, 0) is 0 Å². The fourth-order valence-electron chi connectivity index (χ4n) is 2.38. The lowest BCUT2D eigenvalue weighted by molar-refractivity contribution is 0.0886. The first-order valence-electron chi connectivity index (χ1n) is 6.08. The number of hydrogen-bond donors (Lipinski definition) is 1. The zero-order chi connectivity index (χ0) is 12.8. The molecule has 3 rings (SSSR count). The predicted octanol–water partition coefficient (Wildman–Crippen LogP) is 3.03. The first kappa shape index (κ1) is 11.4. The normalized spacial score (nSPS) is 17.7. The number of fused-ring (bicyclic) bond motifs is 1. The third-order valence-electron chi connectivity index (χ3n) is 3.63. The maximum absolute atomic E-state index is 13.4. The van der Waals surface area contributed by atoms with Crippen LogP contribution < -0.4 is 5.73 Å². The molecule has 0 radical (unpaired) electrons. The molecule has 0 unspecified atom stereocenters. The van der Waals surface area contributed by atoms with Gasteiger partial charge in [0.15, 0.2) is 22.9 Å². The van der Waals surface area contributed by atoms with Gasteiger partial charge in [0, 0.05) is 17.3 Å². The van der Waals surface area contributed by atoms with Crippen molar-refractivity contribution in [3.05, 3.63) is 35.8 Å². The van der Waals surface area contributed by atoms with E-state index in [4.69, 9.17) is 10.2 Å². The summed E-state index contributed by atoms with van der Waals surface area (Å²) in [6.45, 7) is 0. The predicted molar refractivity (Wildman–Crippen MR) is 65.9 cm³/mol. The van der Waals surface area contributed by atoms with Crippen molar-refractivity contribution in [1.29, 1.82) is 0 Å². The van der Waals surface area contributed by atoms with Gasteiger partial charge in [-0.15, -0.1) is 0 Å². The van der Waals surface area contributed by atoms with Gasteiger partial charge in [-0.05, 0) is 31.4 Å². The molecule has 1 heterocycles. The largest absolute Gasteiger partial charge is 0.450 e. The van der Waals surface area contributed by atoms with E-state index in [0.717, 1.165) is 19.3 Å². The zero-order valence-electron chi connectivity index (χ0n) is 9.91. The van der Waals surface area contributed by atoms with Crippen molar-refractivity contribution in [3.8, 4) is 0 Å².